The van der Waals surface area contributed by atoms with Crippen LogP contribution in [0.1, 0.15) is 39.0 Å². The number of halogens is 2. The first-order valence-corrected chi connectivity index (χ1v) is 18.0. The molecule has 0 radical (unpaired) electrons. The van der Waals surface area contributed by atoms with E-state index in [0.29, 0.717) is 19.3 Å². The molecule has 3 unspecified atom stereocenters. The Morgan fingerprint density at radius 2 is 1.90 bits per heavy atom. The minimum atomic E-state index is -6.53. The number of hydrogen-bond donors (Lipinski definition) is 3. The van der Waals surface area contributed by atoms with Crippen molar-refractivity contribution in [2.45, 2.75) is 57.9 Å². The van der Waals surface area contributed by atoms with E-state index in [1.54, 1.807) is 20.8 Å². The second kappa shape index (κ2) is 13.6. The Hall–Kier alpha value is -1.62. The molecule has 42 heavy (non-hydrogen) atoms. The molecule has 1 saturated heterocycles. The molecule has 17 nitrogen and oxygen atoms in total. The standard InChI is InChI=1S/C18H29BF2N5O12P3S/c1-10-8-26(16(29)23-14(10)27)13-7-11(24-25-22)12(37-13)9-36-41(19,34)38-40(32,33)18(20,21)39(30,31)35-5-6-42-15(28)17(2,3)4/h8,11-13H,5-7,9,19H2,1-4H3,(H,30,31)(H,32,33)(H,23,27,29)/t11-,12-,13-,41?/m1/s1. The summed E-state index contributed by atoms with van der Waals surface area (Å²) in [5, 5.41) is -2.35. The van der Waals surface area contributed by atoms with Gasteiger partial charge in [-0.3, -0.25) is 32.8 Å². The van der Waals surface area contributed by atoms with E-state index < -0.39 is 76.3 Å². The molecule has 1 aliphatic rings. The van der Waals surface area contributed by atoms with Crippen LogP contribution >= 0.6 is 34.4 Å². The third-order valence-electron chi connectivity index (χ3n) is 5.47. The van der Waals surface area contributed by atoms with Crippen molar-refractivity contribution in [2.24, 2.45) is 10.5 Å². The first-order valence-electron chi connectivity index (χ1n) is 11.8. The number of aromatic amines is 1. The van der Waals surface area contributed by atoms with Crippen LogP contribution in [-0.4, -0.2) is 68.5 Å². The quantitative estimate of drug-likeness (QED) is 0.0677. The van der Waals surface area contributed by atoms with Gasteiger partial charge in [0.05, 0.1) is 25.4 Å². The molecule has 0 aliphatic carbocycles. The summed E-state index contributed by atoms with van der Waals surface area (Å²) >= 11 is 0.630. The van der Waals surface area contributed by atoms with Crippen molar-refractivity contribution in [1.29, 1.82) is 0 Å². The molecule has 0 spiro atoms. The Bertz CT molecular complexity index is 1500. The highest BCUT2D eigenvalue weighted by molar-refractivity contribution is 8.13. The van der Waals surface area contributed by atoms with Crippen LogP contribution in [0.3, 0.4) is 0 Å². The molecule has 1 fully saturated rings. The second-order valence-electron chi connectivity index (χ2n) is 10.0. The number of hydrogen-bond acceptors (Lipinski definition) is 12. The predicted octanol–water partition coefficient (Wildman–Crippen LogP) is 2.83. The fourth-order valence-electron chi connectivity index (χ4n) is 3.26. The largest absolute Gasteiger partial charge is 0.444 e. The third kappa shape index (κ3) is 8.96. The summed E-state index contributed by atoms with van der Waals surface area (Å²) < 4.78 is 86.5. The summed E-state index contributed by atoms with van der Waals surface area (Å²) in [4.78, 5) is 59.9. The Kier molecular flexibility index (Phi) is 11.8. The number of azide groups is 1. The minimum Gasteiger partial charge on any atom is -0.352 e. The lowest BCUT2D eigenvalue weighted by Gasteiger charge is -2.28. The topological polar surface area (TPSA) is 249 Å². The molecular weight excluding hydrogens is 652 g/mol. The van der Waals surface area contributed by atoms with Gasteiger partial charge >= 0.3 is 26.3 Å². The zero-order chi connectivity index (χ0) is 32.3. The number of aryl methyl sites for hydroxylation is 1. The summed E-state index contributed by atoms with van der Waals surface area (Å²) in [5.74, 6) is -0.331. The molecular formula is C18H29BF2N5O12P3S. The molecule has 2 heterocycles. The Morgan fingerprint density at radius 1 is 1.29 bits per heavy atom. The molecule has 6 atom stereocenters. The second-order valence-corrected chi connectivity index (χ2v) is 17.4. The zero-order valence-electron chi connectivity index (χ0n) is 22.9. The molecule has 1 aromatic heterocycles. The van der Waals surface area contributed by atoms with Gasteiger partial charge in [-0.05, 0) is 12.5 Å². The van der Waals surface area contributed by atoms with E-state index in [1.165, 1.54) is 13.1 Å². The van der Waals surface area contributed by atoms with Gasteiger partial charge in [0.25, 0.3) is 20.6 Å². The van der Waals surface area contributed by atoms with Crippen LogP contribution in [0.2, 0.25) is 0 Å². The summed E-state index contributed by atoms with van der Waals surface area (Å²) in [7, 11) is -17.2. The number of thioether (sulfide) groups is 1. The molecule has 0 saturated carbocycles. The lowest BCUT2D eigenvalue weighted by Crippen LogP contribution is -2.33. The number of alkyl halides is 2. The van der Waals surface area contributed by atoms with Crippen molar-refractivity contribution in [3.63, 3.8) is 0 Å². The van der Waals surface area contributed by atoms with Gasteiger partial charge in [0, 0.05) is 34.3 Å². The Morgan fingerprint density at radius 3 is 2.48 bits per heavy atom. The summed E-state index contributed by atoms with van der Waals surface area (Å²) in [5.41, 5.74) is 6.70. The van der Waals surface area contributed by atoms with Crippen molar-refractivity contribution in [3.8, 4) is 0 Å². The monoisotopic (exact) mass is 681 g/mol. The molecule has 24 heteroatoms. The lowest BCUT2D eigenvalue weighted by atomic mass is 10.00. The minimum absolute atomic E-state index is 0.139. The van der Waals surface area contributed by atoms with Gasteiger partial charge in [-0.15, -0.1) is 0 Å². The fraction of sp³-hybridized carbons (Fsp3) is 0.722. The van der Waals surface area contributed by atoms with Crippen molar-refractivity contribution in [1.82, 2.24) is 9.55 Å². The van der Waals surface area contributed by atoms with Crippen LogP contribution in [0.15, 0.2) is 20.9 Å². The highest BCUT2D eigenvalue weighted by atomic mass is 32.2. The van der Waals surface area contributed by atoms with Crippen LogP contribution in [0.4, 0.5) is 8.78 Å². The number of carbonyl (C=O) groups is 1. The number of nitrogens with zero attached hydrogens (tertiary/aromatic N) is 4. The van der Waals surface area contributed by atoms with Crippen LogP contribution in [0.5, 0.6) is 0 Å². The summed E-state index contributed by atoms with van der Waals surface area (Å²) in [6, 6.07) is -1.07. The smallest absolute Gasteiger partial charge is 0.352 e. The van der Waals surface area contributed by atoms with E-state index in [1.807, 2.05) is 0 Å². The average Bonchev–Trinajstić information content (AvgIpc) is 3.24. The molecule has 1 aliphatic heterocycles. The number of H-pyrrole nitrogens is 1. The third-order valence-corrected chi connectivity index (χ3v) is 12.8. The van der Waals surface area contributed by atoms with Crippen molar-refractivity contribution in [2.75, 3.05) is 19.0 Å². The Labute approximate surface area is 242 Å². The van der Waals surface area contributed by atoms with Crippen LogP contribution in [0, 0.1) is 12.3 Å². The summed E-state index contributed by atoms with van der Waals surface area (Å²) in [6.07, 6.45) is -1.35. The molecule has 3 N–H and O–H groups in total. The predicted molar refractivity (Wildman–Crippen MR) is 148 cm³/mol. The van der Waals surface area contributed by atoms with E-state index in [9.17, 15) is 46.6 Å². The molecule has 0 bridgehead atoms. The SMILES string of the molecule is BP(=O)(OC[C@H]1O[C@@H](n2cc(C)c(=O)[nH]c2=O)C[C@H]1N=[N+]=[N-])OP(=O)(O)C(F)(F)P(=O)(O)OCCSC(=O)C(C)(C)C. The van der Waals surface area contributed by atoms with Crippen molar-refractivity contribution in [3.05, 3.63) is 43.0 Å². The number of ether oxygens (including phenoxy) is 1. The molecule has 236 valence electrons. The van der Waals surface area contributed by atoms with Crippen molar-refractivity contribution >= 4 is 47.1 Å². The van der Waals surface area contributed by atoms with Gasteiger partial charge in [-0.1, -0.05) is 37.6 Å². The van der Waals surface area contributed by atoms with Gasteiger partial charge in [-0.2, -0.15) is 8.78 Å². The van der Waals surface area contributed by atoms with E-state index in [4.69, 9.17) is 14.8 Å². The molecule has 1 aromatic rings. The first-order chi connectivity index (χ1) is 19.0. The van der Waals surface area contributed by atoms with Gasteiger partial charge in [0.2, 0.25) is 0 Å². The maximum atomic E-state index is 14.7. The number of carbonyl (C=O) groups excluding carboxylic acids is 1. The number of nitrogens with one attached hydrogen (secondary N) is 1. The van der Waals surface area contributed by atoms with Crippen LogP contribution in [0.25, 0.3) is 10.4 Å². The van der Waals surface area contributed by atoms with Crippen molar-refractivity contribution < 1.29 is 55.2 Å². The van der Waals surface area contributed by atoms with Crippen LogP contribution < -0.4 is 11.2 Å². The fourth-order valence-corrected chi connectivity index (χ4v) is 9.05. The van der Waals surface area contributed by atoms with Gasteiger partial charge < -0.3 is 23.6 Å². The van der Waals surface area contributed by atoms with Gasteiger partial charge in [0.15, 0.2) is 5.12 Å². The highest BCUT2D eigenvalue weighted by Gasteiger charge is 2.67. The summed E-state index contributed by atoms with van der Waals surface area (Å²) in [6.45, 7) is 4.45. The first kappa shape index (κ1) is 36.6. The van der Waals surface area contributed by atoms with E-state index in [-0.39, 0.29) is 22.9 Å². The van der Waals surface area contributed by atoms with Crippen LogP contribution in [-0.2, 0) is 36.6 Å². The maximum Gasteiger partial charge on any atom is 0.444 e. The lowest BCUT2D eigenvalue weighted by molar-refractivity contribution is -0.117. The van der Waals surface area contributed by atoms with E-state index in [2.05, 4.69) is 23.8 Å². The molecule has 0 amide bonds. The normalized spacial score (nSPS) is 23.8. The van der Waals surface area contributed by atoms with E-state index in [0.717, 1.165) is 4.57 Å². The number of rotatable bonds is 13. The number of aromatic nitrogens is 2. The van der Waals surface area contributed by atoms with Gasteiger partial charge in [0.1, 0.15) is 6.23 Å². The van der Waals surface area contributed by atoms with E-state index >= 15 is 0 Å². The average molecular weight is 681 g/mol. The Balaban J connectivity index is 2.09. The molecule has 0 aromatic carbocycles. The highest BCUT2D eigenvalue weighted by Crippen LogP contribution is 2.79. The molecule has 2 rings (SSSR count). The maximum absolute atomic E-state index is 14.7. The zero-order valence-corrected chi connectivity index (χ0v) is 26.4. The van der Waals surface area contributed by atoms with Gasteiger partial charge in [-0.25, -0.2) is 9.11 Å².